The number of benzene rings is 2. The summed E-state index contributed by atoms with van der Waals surface area (Å²) >= 11 is 0. The summed E-state index contributed by atoms with van der Waals surface area (Å²) in [6.45, 7) is 0.394. The second-order valence-electron chi connectivity index (χ2n) is 6.05. The molecular formula is C19H20N2O5. The lowest BCUT2D eigenvalue weighted by Crippen LogP contribution is -2.35. The second kappa shape index (κ2) is 7.99. The first-order valence-electron chi connectivity index (χ1n) is 8.26. The van der Waals surface area contributed by atoms with Gasteiger partial charge in [0.05, 0.1) is 0 Å². The summed E-state index contributed by atoms with van der Waals surface area (Å²) in [5.41, 5.74) is 2.60. The van der Waals surface area contributed by atoms with Gasteiger partial charge in [0.2, 0.25) is 0 Å². The minimum Gasteiger partial charge on any atom is -0.445 e. The van der Waals surface area contributed by atoms with Crippen molar-refractivity contribution in [2.45, 2.75) is 25.4 Å². The summed E-state index contributed by atoms with van der Waals surface area (Å²) < 4.78 is 5.04. The van der Waals surface area contributed by atoms with E-state index >= 15 is 0 Å². The lowest BCUT2D eigenvalue weighted by molar-refractivity contribution is 0.0184. The fourth-order valence-corrected chi connectivity index (χ4v) is 2.71. The van der Waals surface area contributed by atoms with Gasteiger partial charge in [-0.3, -0.25) is 4.79 Å². The highest BCUT2D eigenvalue weighted by atomic mass is 16.5. The third kappa shape index (κ3) is 4.19. The minimum atomic E-state index is -1.23. The maximum absolute atomic E-state index is 11.7. The first-order chi connectivity index (χ1) is 12.5. The van der Waals surface area contributed by atoms with E-state index in [4.69, 9.17) is 4.74 Å². The van der Waals surface area contributed by atoms with Crippen LogP contribution in [0.4, 0.5) is 4.79 Å². The van der Waals surface area contributed by atoms with Gasteiger partial charge in [-0.15, -0.1) is 0 Å². The van der Waals surface area contributed by atoms with Crippen molar-refractivity contribution in [3.05, 3.63) is 70.8 Å². The van der Waals surface area contributed by atoms with Crippen LogP contribution in [0, 0.1) is 0 Å². The van der Waals surface area contributed by atoms with Crippen LogP contribution in [0.5, 0.6) is 0 Å². The van der Waals surface area contributed by atoms with E-state index in [1.165, 1.54) is 0 Å². The number of aliphatic hydroxyl groups is 2. The topological polar surface area (TPSA) is 108 Å². The maximum atomic E-state index is 11.7. The first-order valence-corrected chi connectivity index (χ1v) is 8.26. The molecule has 0 saturated heterocycles. The Hall–Kier alpha value is -2.90. The summed E-state index contributed by atoms with van der Waals surface area (Å²) in [5, 5.41) is 25.5. The van der Waals surface area contributed by atoms with E-state index in [0.717, 1.165) is 11.1 Å². The number of carbonyl (C=O) groups excluding carboxylic acids is 2. The van der Waals surface area contributed by atoms with E-state index in [9.17, 15) is 19.8 Å². The SMILES string of the molecule is O=C(NCC(O)C(O)c1ccc2c(c1)C(=O)NC2)OCc1ccccc1. The number of carbonyl (C=O) groups is 2. The van der Waals surface area contributed by atoms with E-state index in [1.54, 1.807) is 18.2 Å². The Bertz CT molecular complexity index is 794. The third-order valence-corrected chi connectivity index (χ3v) is 4.19. The average Bonchev–Trinajstić information content (AvgIpc) is 3.05. The molecule has 1 aliphatic heterocycles. The molecule has 7 heteroatoms. The van der Waals surface area contributed by atoms with Gasteiger partial charge in [-0.2, -0.15) is 0 Å². The molecule has 0 aromatic heterocycles. The Morgan fingerprint density at radius 3 is 2.73 bits per heavy atom. The normalized spacial score (nSPS) is 14.9. The van der Waals surface area contributed by atoms with Crippen LogP contribution in [0.25, 0.3) is 0 Å². The van der Waals surface area contributed by atoms with Crippen LogP contribution in [0.2, 0.25) is 0 Å². The Labute approximate surface area is 150 Å². The van der Waals surface area contributed by atoms with Crippen LogP contribution >= 0.6 is 0 Å². The van der Waals surface area contributed by atoms with Crippen molar-refractivity contribution >= 4 is 12.0 Å². The average molecular weight is 356 g/mol. The summed E-state index contributed by atoms with van der Waals surface area (Å²) in [6, 6.07) is 14.1. The molecule has 3 rings (SSSR count). The molecular weight excluding hydrogens is 336 g/mol. The monoisotopic (exact) mass is 356 g/mol. The van der Waals surface area contributed by atoms with Gasteiger partial charge in [-0.25, -0.2) is 4.79 Å². The quantitative estimate of drug-likeness (QED) is 0.623. The molecule has 2 amide bonds. The van der Waals surface area contributed by atoms with Gasteiger partial charge >= 0.3 is 6.09 Å². The summed E-state index contributed by atoms with van der Waals surface area (Å²) in [4.78, 5) is 23.4. The second-order valence-corrected chi connectivity index (χ2v) is 6.05. The molecule has 136 valence electrons. The Kier molecular flexibility index (Phi) is 5.50. The zero-order valence-corrected chi connectivity index (χ0v) is 14.0. The maximum Gasteiger partial charge on any atom is 0.407 e. The predicted molar refractivity (Wildman–Crippen MR) is 93.2 cm³/mol. The molecule has 2 aromatic rings. The van der Waals surface area contributed by atoms with E-state index in [-0.39, 0.29) is 19.1 Å². The van der Waals surface area contributed by atoms with Crippen LogP contribution in [-0.2, 0) is 17.9 Å². The molecule has 2 aromatic carbocycles. The van der Waals surface area contributed by atoms with Crippen molar-refractivity contribution in [2.24, 2.45) is 0 Å². The highest BCUT2D eigenvalue weighted by Gasteiger charge is 2.24. The van der Waals surface area contributed by atoms with Gasteiger partial charge in [0.25, 0.3) is 5.91 Å². The molecule has 0 spiro atoms. The van der Waals surface area contributed by atoms with Crippen molar-refractivity contribution in [2.75, 3.05) is 6.54 Å². The highest BCUT2D eigenvalue weighted by Crippen LogP contribution is 2.23. The van der Waals surface area contributed by atoms with Crippen LogP contribution in [-0.4, -0.2) is 34.9 Å². The molecule has 0 radical (unpaired) electrons. The van der Waals surface area contributed by atoms with Crippen molar-refractivity contribution in [1.29, 1.82) is 0 Å². The van der Waals surface area contributed by atoms with Gasteiger partial charge in [0.1, 0.15) is 18.8 Å². The summed E-state index contributed by atoms with van der Waals surface area (Å²) in [5.74, 6) is -0.203. The predicted octanol–water partition coefficient (Wildman–Crippen LogP) is 1.25. The first kappa shape index (κ1) is 17.9. The van der Waals surface area contributed by atoms with Crippen molar-refractivity contribution < 1.29 is 24.5 Å². The van der Waals surface area contributed by atoms with Gasteiger partial charge < -0.3 is 25.6 Å². The smallest absolute Gasteiger partial charge is 0.407 e. The minimum absolute atomic E-state index is 0.116. The Morgan fingerprint density at radius 1 is 1.19 bits per heavy atom. The fourth-order valence-electron chi connectivity index (χ4n) is 2.71. The molecule has 7 nitrogen and oxygen atoms in total. The molecule has 0 saturated carbocycles. The standard InChI is InChI=1S/C19H20N2O5/c22-16(10-21-19(25)26-11-12-4-2-1-3-5-12)17(23)13-6-7-14-9-20-18(24)15(14)8-13/h1-8,16-17,22-23H,9-11H2,(H,20,24)(H,21,25). The Morgan fingerprint density at radius 2 is 1.96 bits per heavy atom. The van der Waals surface area contributed by atoms with Gasteiger partial charge in [-0.05, 0) is 22.8 Å². The molecule has 4 N–H and O–H groups in total. The molecule has 0 fully saturated rings. The van der Waals surface area contributed by atoms with Crippen molar-refractivity contribution in [1.82, 2.24) is 10.6 Å². The largest absolute Gasteiger partial charge is 0.445 e. The number of fused-ring (bicyclic) bond motifs is 1. The van der Waals surface area contributed by atoms with Gasteiger partial charge in [-0.1, -0.05) is 42.5 Å². The summed E-state index contributed by atoms with van der Waals surface area (Å²) in [6.07, 6.45) is -3.15. The molecule has 2 unspecified atom stereocenters. The number of rotatable bonds is 6. The molecule has 0 aliphatic carbocycles. The van der Waals surface area contributed by atoms with Crippen LogP contribution in [0.15, 0.2) is 48.5 Å². The molecule has 1 heterocycles. The number of alkyl carbamates (subject to hydrolysis) is 1. The number of aliphatic hydroxyl groups excluding tert-OH is 2. The fraction of sp³-hybridized carbons (Fsp3) is 0.263. The molecule has 1 aliphatic rings. The van der Waals surface area contributed by atoms with E-state index in [1.807, 2.05) is 30.3 Å². The molecule has 2 atom stereocenters. The molecule has 0 bridgehead atoms. The van der Waals surface area contributed by atoms with Crippen LogP contribution in [0.1, 0.15) is 33.2 Å². The summed E-state index contributed by atoms with van der Waals surface area (Å²) in [7, 11) is 0. The van der Waals surface area contributed by atoms with Crippen LogP contribution < -0.4 is 10.6 Å². The zero-order chi connectivity index (χ0) is 18.5. The van der Waals surface area contributed by atoms with E-state index < -0.39 is 18.3 Å². The lowest BCUT2D eigenvalue weighted by Gasteiger charge is -2.19. The van der Waals surface area contributed by atoms with Gasteiger partial charge in [0.15, 0.2) is 0 Å². The number of hydrogen-bond acceptors (Lipinski definition) is 5. The molecule has 26 heavy (non-hydrogen) atoms. The third-order valence-electron chi connectivity index (χ3n) is 4.19. The number of nitrogens with one attached hydrogen (secondary N) is 2. The number of hydrogen-bond donors (Lipinski definition) is 4. The number of ether oxygens (including phenoxy) is 1. The highest BCUT2D eigenvalue weighted by molar-refractivity contribution is 5.98. The zero-order valence-electron chi connectivity index (χ0n) is 14.0. The van der Waals surface area contributed by atoms with E-state index in [0.29, 0.717) is 17.7 Å². The van der Waals surface area contributed by atoms with E-state index in [2.05, 4.69) is 10.6 Å². The lowest BCUT2D eigenvalue weighted by atomic mass is 9.99. The van der Waals surface area contributed by atoms with Gasteiger partial charge in [0, 0.05) is 18.7 Å². The Balaban J connectivity index is 1.50. The van der Waals surface area contributed by atoms with Crippen molar-refractivity contribution in [3.8, 4) is 0 Å². The number of amides is 2. The van der Waals surface area contributed by atoms with Crippen LogP contribution in [0.3, 0.4) is 0 Å². The van der Waals surface area contributed by atoms with Crippen molar-refractivity contribution in [3.63, 3.8) is 0 Å².